The van der Waals surface area contributed by atoms with E-state index in [2.05, 4.69) is 10.6 Å². The van der Waals surface area contributed by atoms with E-state index in [1.54, 1.807) is 18.9 Å². The van der Waals surface area contributed by atoms with Gasteiger partial charge in [-0.25, -0.2) is 4.79 Å². The number of alkyl carbamates (subject to hydrolysis) is 1. The van der Waals surface area contributed by atoms with Crippen LogP contribution in [0, 0.1) is 17.8 Å². The van der Waals surface area contributed by atoms with E-state index in [9.17, 15) is 9.59 Å². The van der Waals surface area contributed by atoms with Crippen LogP contribution in [0.15, 0.2) is 24.3 Å². The van der Waals surface area contributed by atoms with Crippen molar-refractivity contribution in [3.05, 3.63) is 29.8 Å². The van der Waals surface area contributed by atoms with Crippen LogP contribution in [0.5, 0.6) is 5.75 Å². The van der Waals surface area contributed by atoms with E-state index in [0.717, 1.165) is 34.8 Å². The highest BCUT2D eigenvalue weighted by Crippen LogP contribution is 2.49. The zero-order valence-corrected chi connectivity index (χ0v) is 19.9. The second kappa shape index (κ2) is 10.6. The Kier molecular flexibility index (Phi) is 8.14. The van der Waals surface area contributed by atoms with Crippen LogP contribution in [-0.4, -0.2) is 42.3 Å². The Balaban J connectivity index is 1.52. The molecule has 2 bridgehead atoms. The summed E-state index contributed by atoms with van der Waals surface area (Å²) < 4.78 is 10.5. The number of carbonyl (C=O) groups is 2. The topological polar surface area (TPSA) is 76.7 Å². The summed E-state index contributed by atoms with van der Waals surface area (Å²) in [5.41, 5.74) is 0.365. The predicted molar refractivity (Wildman–Crippen MR) is 124 cm³/mol. The van der Waals surface area contributed by atoms with Gasteiger partial charge in [0.2, 0.25) is 5.91 Å². The highest BCUT2D eigenvalue weighted by molar-refractivity contribution is 7.99. The number of rotatable bonds is 9. The molecule has 2 saturated carbocycles. The van der Waals surface area contributed by atoms with Gasteiger partial charge in [0.05, 0.1) is 7.11 Å². The van der Waals surface area contributed by atoms with Crippen molar-refractivity contribution in [1.82, 2.24) is 10.6 Å². The number of nitrogens with one attached hydrogen (secondary N) is 2. The summed E-state index contributed by atoms with van der Waals surface area (Å²) in [6.45, 7) is 5.84. The van der Waals surface area contributed by atoms with Gasteiger partial charge >= 0.3 is 6.09 Å². The molecule has 0 heterocycles. The van der Waals surface area contributed by atoms with E-state index in [4.69, 9.17) is 9.47 Å². The average molecular weight is 449 g/mol. The highest BCUT2D eigenvalue weighted by Gasteiger charge is 2.39. The van der Waals surface area contributed by atoms with Gasteiger partial charge in [0, 0.05) is 12.3 Å². The van der Waals surface area contributed by atoms with Crippen LogP contribution in [0.1, 0.15) is 52.0 Å². The quantitative estimate of drug-likeness (QED) is 0.586. The molecule has 2 amide bonds. The third-order valence-electron chi connectivity index (χ3n) is 6.13. The van der Waals surface area contributed by atoms with E-state index in [-0.39, 0.29) is 5.91 Å². The van der Waals surface area contributed by atoms with Crippen molar-refractivity contribution in [2.75, 3.05) is 18.6 Å². The Morgan fingerprint density at radius 1 is 1.16 bits per heavy atom. The van der Waals surface area contributed by atoms with Crippen molar-refractivity contribution in [3.63, 3.8) is 0 Å². The molecule has 0 spiro atoms. The number of carbonyl (C=O) groups excluding carboxylic acids is 2. The van der Waals surface area contributed by atoms with Crippen LogP contribution >= 0.6 is 11.8 Å². The van der Waals surface area contributed by atoms with E-state index < -0.39 is 17.7 Å². The highest BCUT2D eigenvalue weighted by atomic mass is 32.2. The fraction of sp³-hybridized carbons (Fsp3) is 0.667. The molecule has 6 nitrogen and oxygen atoms in total. The molecule has 0 aromatic heterocycles. The molecule has 0 unspecified atom stereocenters. The monoisotopic (exact) mass is 448 g/mol. The summed E-state index contributed by atoms with van der Waals surface area (Å²) in [5, 5.41) is 5.72. The number of methoxy groups -OCH3 is 1. The Morgan fingerprint density at radius 3 is 2.48 bits per heavy atom. The van der Waals surface area contributed by atoms with Crippen LogP contribution in [0.2, 0.25) is 0 Å². The fourth-order valence-electron chi connectivity index (χ4n) is 4.61. The smallest absolute Gasteiger partial charge is 0.408 e. The predicted octanol–water partition coefficient (Wildman–Crippen LogP) is 4.37. The standard InChI is InChI=1S/C24H36N2O4S/c1-24(2,3)30-23(28)26-21(15-31-14-19-12-17-5-8-18(19)11-17)22(27)25-13-16-6-9-20(29-4)10-7-16/h6-7,9-10,17-19,21H,5,8,11-15H2,1-4H3,(H,25,27)(H,26,28)/t17-,18+,19-,21-/m0/s1. The molecule has 3 rings (SSSR count). The molecule has 2 aliphatic carbocycles. The Labute approximate surface area is 190 Å². The van der Waals surface area contributed by atoms with Crippen molar-refractivity contribution >= 4 is 23.8 Å². The van der Waals surface area contributed by atoms with Crippen molar-refractivity contribution < 1.29 is 19.1 Å². The van der Waals surface area contributed by atoms with E-state index >= 15 is 0 Å². The van der Waals surface area contributed by atoms with Crippen LogP contribution in [0.4, 0.5) is 4.79 Å². The van der Waals surface area contributed by atoms with Gasteiger partial charge in [0.25, 0.3) is 0 Å². The summed E-state index contributed by atoms with van der Waals surface area (Å²) in [4.78, 5) is 25.2. The molecular weight excluding hydrogens is 412 g/mol. The first-order chi connectivity index (χ1) is 14.7. The maximum Gasteiger partial charge on any atom is 0.408 e. The lowest BCUT2D eigenvalue weighted by Crippen LogP contribution is -2.49. The lowest BCUT2D eigenvalue weighted by Gasteiger charge is -2.25. The van der Waals surface area contributed by atoms with Crippen LogP contribution in [0.25, 0.3) is 0 Å². The third kappa shape index (κ3) is 7.34. The molecule has 7 heteroatoms. The molecule has 2 N–H and O–H groups in total. The molecule has 1 aromatic carbocycles. The number of ether oxygens (including phenoxy) is 2. The van der Waals surface area contributed by atoms with Crippen LogP contribution in [0.3, 0.4) is 0 Å². The number of hydrogen-bond donors (Lipinski definition) is 2. The number of hydrogen-bond acceptors (Lipinski definition) is 5. The largest absolute Gasteiger partial charge is 0.497 e. The van der Waals surface area contributed by atoms with Gasteiger partial charge in [-0.2, -0.15) is 11.8 Å². The van der Waals surface area contributed by atoms with Crippen molar-refractivity contribution in [1.29, 1.82) is 0 Å². The second-order valence-corrected chi connectivity index (χ2v) is 10.8. The molecule has 31 heavy (non-hydrogen) atoms. The van der Waals surface area contributed by atoms with Crippen LogP contribution < -0.4 is 15.4 Å². The van der Waals surface area contributed by atoms with Gasteiger partial charge in [-0.15, -0.1) is 0 Å². The van der Waals surface area contributed by atoms with Gasteiger partial charge in [0.1, 0.15) is 17.4 Å². The third-order valence-corrected chi connectivity index (χ3v) is 7.37. The normalized spacial score (nSPS) is 23.3. The van der Waals surface area contributed by atoms with Gasteiger partial charge in [-0.05, 0) is 81.2 Å². The Hall–Kier alpha value is -1.89. The SMILES string of the molecule is COc1ccc(CNC(=O)[C@H](CSC[C@@H]2C[C@H]3CC[C@@H]2C3)NC(=O)OC(C)(C)C)cc1. The molecule has 1 aromatic rings. The van der Waals surface area contributed by atoms with E-state index in [1.807, 2.05) is 45.0 Å². The average Bonchev–Trinajstić information content (AvgIpc) is 3.33. The number of fused-ring (bicyclic) bond motifs is 2. The number of amides is 2. The zero-order valence-electron chi connectivity index (χ0n) is 19.1. The molecular formula is C24H36N2O4S. The van der Waals surface area contributed by atoms with Gasteiger partial charge in [-0.3, -0.25) is 4.79 Å². The Morgan fingerprint density at radius 2 is 1.90 bits per heavy atom. The van der Waals surface area contributed by atoms with Crippen molar-refractivity contribution in [2.45, 2.75) is 64.6 Å². The molecule has 2 aliphatic rings. The summed E-state index contributed by atoms with van der Waals surface area (Å²) in [7, 11) is 1.62. The molecule has 2 fully saturated rings. The van der Waals surface area contributed by atoms with Crippen molar-refractivity contribution in [3.8, 4) is 5.75 Å². The summed E-state index contributed by atoms with van der Waals surface area (Å²) in [6, 6.07) is 6.93. The lowest BCUT2D eigenvalue weighted by atomic mass is 9.90. The Bertz CT molecular complexity index is 747. The van der Waals surface area contributed by atoms with E-state index in [1.165, 1.54) is 25.7 Å². The first kappa shape index (κ1) is 23.8. The molecule has 0 saturated heterocycles. The maximum absolute atomic E-state index is 12.9. The number of thioether (sulfide) groups is 1. The number of benzene rings is 1. The summed E-state index contributed by atoms with van der Waals surface area (Å²) >= 11 is 1.77. The van der Waals surface area contributed by atoms with Gasteiger partial charge in [-0.1, -0.05) is 18.6 Å². The lowest BCUT2D eigenvalue weighted by molar-refractivity contribution is -0.122. The molecule has 4 atom stereocenters. The zero-order chi connectivity index (χ0) is 22.4. The van der Waals surface area contributed by atoms with Gasteiger partial charge in [0.15, 0.2) is 0 Å². The molecule has 0 radical (unpaired) electrons. The minimum atomic E-state index is -0.628. The van der Waals surface area contributed by atoms with Gasteiger partial charge < -0.3 is 20.1 Å². The van der Waals surface area contributed by atoms with Crippen LogP contribution in [-0.2, 0) is 16.1 Å². The molecule has 0 aliphatic heterocycles. The second-order valence-electron chi connectivity index (χ2n) is 9.74. The summed E-state index contributed by atoms with van der Waals surface area (Å²) in [5.74, 6) is 4.71. The van der Waals surface area contributed by atoms with E-state index in [0.29, 0.717) is 12.3 Å². The molecule has 172 valence electrons. The summed E-state index contributed by atoms with van der Waals surface area (Å²) in [6.07, 6.45) is 4.90. The fourth-order valence-corrected chi connectivity index (χ4v) is 5.92. The maximum atomic E-state index is 12.9. The first-order valence-electron chi connectivity index (χ1n) is 11.2. The van der Waals surface area contributed by atoms with Crippen molar-refractivity contribution in [2.24, 2.45) is 17.8 Å². The minimum absolute atomic E-state index is 0.192. The minimum Gasteiger partial charge on any atom is -0.497 e. The first-order valence-corrected chi connectivity index (χ1v) is 12.4.